The molecule has 0 N–H and O–H groups in total. The summed E-state index contributed by atoms with van der Waals surface area (Å²) >= 11 is 0. The van der Waals surface area contributed by atoms with Crippen molar-refractivity contribution in [1.82, 2.24) is 4.90 Å². The van der Waals surface area contributed by atoms with E-state index in [0.29, 0.717) is 4.90 Å². The van der Waals surface area contributed by atoms with Gasteiger partial charge in [0.1, 0.15) is 11.6 Å². The van der Waals surface area contributed by atoms with Crippen LogP contribution in [0.4, 0.5) is 0 Å². The molecule has 0 saturated carbocycles. The van der Waals surface area contributed by atoms with Crippen LogP contribution in [0.3, 0.4) is 0 Å². The number of Topliss-reactive ketones (excluding diaryl/α,β-unsaturated/α-hetero) is 4. The Hall–Kier alpha value is -2.18. The summed E-state index contributed by atoms with van der Waals surface area (Å²) in [5.41, 5.74) is 0. The Morgan fingerprint density at radius 1 is 0.952 bits per heavy atom. The lowest BCUT2D eigenvalue weighted by atomic mass is 9.89. The number of β-lactam (4-membered cyclic amide) rings is 2. The number of carbonyl (C=O) groups excluding carboxylic acids is 6. The maximum atomic E-state index is 11.7. The Bertz CT molecular complexity index is 506. The molecule has 1 heterocycles. The summed E-state index contributed by atoms with van der Waals surface area (Å²) in [4.78, 5) is 68.5. The lowest BCUT2D eigenvalue weighted by Gasteiger charge is -2.34. The van der Waals surface area contributed by atoms with E-state index < -0.39 is 35.8 Å². The molecule has 7 nitrogen and oxygen atoms in total. The molecule has 0 aromatic carbocycles. The van der Waals surface area contributed by atoms with Crippen LogP contribution >= 0.6 is 0 Å². The minimum Gasteiger partial charge on any atom is -0.300 e. The highest BCUT2D eigenvalue weighted by Gasteiger charge is 2.51. The number of nitrogens with zero attached hydrogens (tertiary/aromatic N) is 1. The Labute approximate surface area is 121 Å². The van der Waals surface area contributed by atoms with Crippen LogP contribution in [0.5, 0.6) is 0 Å². The fourth-order valence-electron chi connectivity index (χ4n) is 1.70. The Morgan fingerprint density at radius 2 is 1.43 bits per heavy atom. The summed E-state index contributed by atoms with van der Waals surface area (Å²) in [5, 5.41) is 0. The van der Waals surface area contributed by atoms with E-state index >= 15 is 0 Å². The molecule has 1 fully saturated rings. The smallest absolute Gasteiger partial charge is 0.249 e. The van der Waals surface area contributed by atoms with E-state index in [-0.39, 0.29) is 24.4 Å². The molecule has 0 unspecified atom stereocenters. The monoisotopic (exact) mass is 293 g/mol. The largest absolute Gasteiger partial charge is 0.300 e. The number of carbonyl (C=O) groups is 6. The molecule has 0 bridgehead atoms. The summed E-state index contributed by atoms with van der Waals surface area (Å²) in [5.74, 6) is -4.68. The molecule has 1 aliphatic heterocycles. The molecule has 1 aliphatic rings. The molecular formula is C14H15NO6. The summed E-state index contributed by atoms with van der Waals surface area (Å²) in [6, 6.07) is 0. The molecule has 0 aromatic rings. The third kappa shape index (κ3) is 4.40. The molecule has 0 spiro atoms. The zero-order valence-electron chi connectivity index (χ0n) is 11.8. The average Bonchev–Trinajstić information content (AvgIpc) is 2.40. The second-order valence-corrected chi connectivity index (χ2v) is 4.78. The van der Waals surface area contributed by atoms with Gasteiger partial charge in [0, 0.05) is 25.7 Å². The number of amides is 2. The first-order valence-corrected chi connectivity index (χ1v) is 6.31. The Balaban J connectivity index is 2.48. The van der Waals surface area contributed by atoms with Crippen molar-refractivity contribution < 1.29 is 28.8 Å². The highest BCUT2D eigenvalue weighted by Crippen LogP contribution is 2.22. The van der Waals surface area contributed by atoms with E-state index in [1.807, 2.05) is 0 Å². The predicted octanol–water partition coefficient (Wildman–Crippen LogP) is -0.524. The van der Waals surface area contributed by atoms with E-state index in [2.05, 4.69) is 0 Å². The molecule has 0 aromatic heterocycles. The van der Waals surface area contributed by atoms with Gasteiger partial charge in [0.25, 0.3) is 0 Å². The SMILES string of the molecule is CC(=O)C[CH]C(=O)CN1C(=O)C(C(=O)[CH]CC(C)=O)C1=O. The van der Waals surface area contributed by atoms with E-state index in [4.69, 9.17) is 0 Å². The first-order chi connectivity index (χ1) is 9.73. The number of imide groups is 1. The van der Waals surface area contributed by atoms with Crippen molar-refractivity contribution in [1.29, 1.82) is 0 Å². The van der Waals surface area contributed by atoms with Gasteiger partial charge in [-0.05, 0) is 13.8 Å². The van der Waals surface area contributed by atoms with Gasteiger partial charge in [0.05, 0.1) is 6.54 Å². The van der Waals surface area contributed by atoms with E-state index in [0.717, 1.165) is 12.8 Å². The Morgan fingerprint density at radius 3 is 1.90 bits per heavy atom. The second-order valence-electron chi connectivity index (χ2n) is 4.78. The highest BCUT2D eigenvalue weighted by molar-refractivity contribution is 6.32. The Kier molecular flexibility index (Phi) is 5.63. The van der Waals surface area contributed by atoms with Crippen LogP contribution in [-0.4, -0.2) is 46.4 Å². The molecule has 7 heteroatoms. The quantitative estimate of drug-likeness (QED) is 0.418. The van der Waals surface area contributed by atoms with Crippen LogP contribution in [0.25, 0.3) is 0 Å². The number of hydrogen-bond acceptors (Lipinski definition) is 6. The average molecular weight is 293 g/mol. The third-order valence-corrected chi connectivity index (χ3v) is 2.83. The van der Waals surface area contributed by atoms with Gasteiger partial charge in [0.15, 0.2) is 17.5 Å². The zero-order valence-corrected chi connectivity index (χ0v) is 11.8. The van der Waals surface area contributed by atoms with Crippen molar-refractivity contribution in [2.75, 3.05) is 6.54 Å². The standard InChI is InChI=1S/C14H15NO6/c1-8(16)3-5-10(18)7-15-13(20)12(14(15)21)11(19)6-4-9(2)17/h5-6,12H,3-4,7H2,1-2H3. The van der Waals surface area contributed by atoms with Crippen molar-refractivity contribution in [3.05, 3.63) is 12.8 Å². The minimum atomic E-state index is -1.44. The third-order valence-electron chi connectivity index (χ3n) is 2.83. The zero-order chi connectivity index (χ0) is 16.2. The summed E-state index contributed by atoms with van der Waals surface area (Å²) in [7, 11) is 0. The van der Waals surface area contributed by atoms with Gasteiger partial charge in [0.2, 0.25) is 11.8 Å². The van der Waals surface area contributed by atoms with E-state index in [1.165, 1.54) is 13.8 Å². The van der Waals surface area contributed by atoms with Crippen LogP contribution < -0.4 is 0 Å². The molecule has 1 saturated heterocycles. The first kappa shape index (κ1) is 16.9. The molecule has 1 rings (SSSR count). The summed E-state index contributed by atoms with van der Waals surface area (Å²) in [6.07, 6.45) is 1.90. The topological polar surface area (TPSA) is 106 Å². The summed E-state index contributed by atoms with van der Waals surface area (Å²) in [6.45, 7) is 2.12. The summed E-state index contributed by atoms with van der Waals surface area (Å²) < 4.78 is 0. The number of rotatable bonds is 9. The minimum absolute atomic E-state index is 0.0657. The van der Waals surface area contributed by atoms with Crippen LogP contribution in [0.2, 0.25) is 0 Å². The van der Waals surface area contributed by atoms with Crippen molar-refractivity contribution in [3.8, 4) is 0 Å². The number of likely N-dealkylation sites (tertiary alicyclic amines) is 1. The molecule has 112 valence electrons. The maximum Gasteiger partial charge on any atom is 0.249 e. The molecular weight excluding hydrogens is 278 g/mol. The molecule has 2 radical (unpaired) electrons. The van der Waals surface area contributed by atoms with Crippen LogP contribution in [0.15, 0.2) is 0 Å². The maximum absolute atomic E-state index is 11.7. The predicted molar refractivity (Wildman–Crippen MR) is 69.4 cm³/mol. The van der Waals surface area contributed by atoms with Crippen molar-refractivity contribution in [2.45, 2.75) is 26.7 Å². The van der Waals surface area contributed by atoms with Crippen LogP contribution in [0, 0.1) is 18.8 Å². The van der Waals surface area contributed by atoms with Gasteiger partial charge in [-0.15, -0.1) is 0 Å². The molecule has 0 aliphatic carbocycles. The lowest BCUT2D eigenvalue weighted by Crippen LogP contribution is -2.61. The van der Waals surface area contributed by atoms with Crippen LogP contribution in [0.1, 0.15) is 26.7 Å². The van der Waals surface area contributed by atoms with Gasteiger partial charge in [-0.3, -0.25) is 24.1 Å². The molecule has 0 atom stereocenters. The molecule has 21 heavy (non-hydrogen) atoms. The van der Waals surface area contributed by atoms with E-state index in [1.54, 1.807) is 0 Å². The molecule has 2 amide bonds. The van der Waals surface area contributed by atoms with Crippen molar-refractivity contribution in [2.24, 2.45) is 5.92 Å². The number of hydrogen-bond donors (Lipinski definition) is 0. The fourth-order valence-corrected chi connectivity index (χ4v) is 1.70. The van der Waals surface area contributed by atoms with Crippen molar-refractivity contribution >= 4 is 34.9 Å². The van der Waals surface area contributed by atoms with Gasteiger partial charge >= 0.3 is 0 Å². The van der Waals surface area contributed by atoms with Crippen molar-refractivity contribution in [3.63, 3.8) is 0 Å². The van der Waals surface area contributed by atoms with Gasteiger partial charge in [-0.2, -0.15) is 0 Å². The van der Waals surface area contributed by atoms with Gasteiger partial charge in [-0.1, -0.05) is 0 Å². The lowest BCUT2D eigenvalue weighted by molar-refractivity contribution is -0.168. The van der Waals surface area contributed by atoms with Gasteiger partial charge in [-0.25, -0.2) is 0 Å². The van der Waals surface area contributed by atoms with Crippen LogP contribution in [-0.2, 0) is 28.8 Å². The highest BCUT2D eigenvalue weighted by atomic mass is 16.2. The fraction of sp³-hybridized carbons (Fsp3) is 0.429. The van der Waals surface area contributed by atoms with E-state index in [9.17, 15) is 28.8 Å². The first-order valence-electron chi connectivity index (χ1n) is 6.31. The number of ketones is 4. The normalized spacial score (nSPS) is 14.9. The van der Waals surface area contributed by atoms with Gasteiger partial charge < -0.3 is 9.59 Å². The second kappa shape index (κ2) is 7.01.